The first-order valence-corrected chi connectivity index (χ1v) is 5.53. The van der Waals surface area contributed by atoms with E-state index < -0.39 is 6.09 Å². The minimum absolute atomic E-state index is 0.0755. The van der Waals surface area contributed by atoms with Crippen LogP contribution in [0.4, 0.5) is 4.79 Å². The van der Waals surface area contributed by atoms with Crippen LogP contribution in [0.1, 0.15) is 53.4 Å². The number of carbonyl (C=O) groups is 1. The molecule has 1 amide bonds. The van der Waals surface area contributed by atoms with Crippen LogP contribution in [-0.4, -0.2) is 23.1 Å². The number of rotatable bonds is 6. The molecule has 14 heavy (non-hydrogen) atoms. The average molecular weight is 200 g/mol. The van der Waals surface area contributed by atoms with Crippen LogP contribution in [0, 0.1) is 0 Å². The van der Waals surface area contributed by atoms with Crippen molar-refractivity contribution >= 4 is 6.09 Å². The number of carbonyl (C=O) groups excluding carboxylic acids is 1. The second-order valence-corrected chi connectivity index (χ2v) is 3.95. The molecule has 0 aromatic carbocycles. The summed E-state index contributed by atoms with van der Waals surface area (Å²) in [6.07, 6.45) is 2.78. The molecule has 0 heterocycles. The van der Waals surface area contributed by atoms with Gasteiger partial charge in [0.05, 0.1) is 0 Å². The zero-order chi connectivity index (χ0) is 11.1. The molecule has 1 radical (unpaired) electrons. The summed E-state index contributed by atoms with van der Waals surface area (Å²) in [5.41, 5.74) is 0. The van der Waals surface area contributed by atoms with Crippen LogP contribution in [0.5, 0.6) is 0 Å². The molecule has 0 rings (SSSR count). The van der Waals surface area contributed by atoms with Gasteiger partial charge in [0.15, 0.2) is 0 Å². The molecule has 0 aromatic heterocycles. The summed E-state index contributed by atoms with van der Waals surface area (Å²) in [7, 11) is 0. The third-order valence-electron chi connectivity index (χ3n) is 2.57. The van der Waals surface area contributed by atoms with Crippen molar-refractivity contribution in [2.45, 2.75) is 65.5 Å². The molecule has 3 heteroatoms. The average Bonchev–Trinajstić information content (AvgIpc) is 2.04. The van der Waals surface area contributed by atoms with Gasteiger partial charge in [-0.1, -0.05) is 26.7 Å². The Labute approximate surface area is 87.1 Å². The largest absolute Gasteiger partial charge is 0.453 e. The molecule has 0 saturated carbocycles. The number of amides is 1. The molecule has 0 aliphatic carbocycles. The highest BCUT2D eigenvalue weighted by Gasteiger charge is 2.24. The quantitative estimate of drug-likeness (QED) is 0.649. The summed E-state index contributed by atoms with van der Waals surface area (Å²) in [5, 5.41) is 10.9. The minimum atomic E-state index is -1.04. The Bertz CT molecular complexity index is 159. The Morgan fingerprint density at radius 1 is 1.07 bits per heavy atom. The molecule has 0 saturated heterocycles. The minimum Gasteiger partial charge on any atom is -0.300 e. The van der Waals surface area contributed by atoms with E-state index in [0.29, 0.717) is 0 Å². The van der Waals surface area contributed by atoms with E-state index in [0.717, 1.165) is 25.7 Å². The Kier molecular flexibility index (Phi) is 6.34. The van der Waals surface area contributed by atoms with Crippen LogP contribution in [0.2, 0.25) is 0 Å². The van der Waals surface area contributed by atoms with Gasteiger partial charge in [-0.05, 0) is 26.7 Å². The lowest BCUT2D eigenvalue weighted by molar-refractivity contribution is 0.0804. The summed E-state index contributed by atoms with van der Waals surface area (Å²) in [4.78, 5) is 12.4. The van der Waals surface area contributed by atoms with Crippen LogP contribution in [0.3, 0.4) is 0 Å². The van der Waals surface area contributed by atoms with Crippen LogP contribution >= 0.6 is 0 Å². The molecule has 0 N–H and O–H groups in total. The fourth-order valence-electron chi connectivity index (χ4n) is 1.91. The SMILES string of the molecule is CCCC(C)N(C([O])=O)C(C)CCC. The van der Waals surface area contributed by atoms with E-state index in [4.69, 9.17) is 0 Å². The smallest absolute Gasteiger partial charge is 0.300 e. The van der Waals surface area contributed by atoms with E-state index >= 15 is 0 Å². The van der Waals surface area contributed by atoms with Gasteiger partial charge in [0.1, 0.15) is 0 Å². The standard InChI is InChI=1S/C11H22NO2/c1-5-7-9(3)12(11(13)14)10(4)8-6-2/h9-10H,5-8H2,1-4H3. The van der Waals surface area contributed by atoms with E-state index in [1.807, 2.05) is 13.8 Å². The molecule has 3 nitrogen and oxygen atoms in total. The first kappa shape index (κ1) is 13.3. The van der Waals surface area contributed by atoms with Crippen LogP contribution in [-0.2, 0) is 5.11 Å². The molecule has 2 atom stereocenters. The topological polar surface area (TPSA) is 40.2 Å². The molecule has 0 fully saturated rings. The normalized spacial score (nSPS) is 14.9. The summed E-state index contributed by atoms with van der Waals surface area (Å²) in [6.45, 7) is 8.03. The molecular weight excluding hydrogens is 178 g/mol. The highest BCUT2D eigenvalue weighted by atomic mass is 16.4. The first-order valence-electron chi connectivity index (χ1n) is 5.53. The summed E-state index contributed by atoms with van der Waals surface area (Å²) in [6, 6.07) is 0.151. The van der Waals surface area contributed by atoms with E-state index in [1.165, 1.54) is 4.90 Å². The van der Waals surface area contributed by atoms with Crippen molar-refractivity contribution in [2.75, 3.05) is 0 Å². The summed E-state index contributed by atoms with van der Waals surface area (Å²) in [5.74, 6) is 0. The van der Waals surface area contributed by atoms with Gasteiger partial charge in [-0.2, -0.15) is 0 Å². The predicted octanol–water partition coefficient (Wildman–Crippen LogP) is 3.22. The summed E-state index contributed by atoms with van der Waals surface area (Å²) >= 11 is 0. The van der Waals surface area contributed by atoms with Gasteiger partial charge in [-0.25, -0.2) is 9.90 Å². The van der Waals surface area contributed by atoms with E-state index in [-0.39, 0.29) is 12.1 Å². The van der Waals surface area contributed by atoms with Gasteiger partial charge >= 0.3 is 6.09 Å². The Balaban J connectivity index is 4.33. The fraction of sp³-hybridized carbons (Fsp3) is 0.909. The van der Waals surface area contributed by atoms with Crippen LogP contribution < -0.4 is 0 Å². The third kappa shape index (κ3) is 3.99. The molecule has 83 valence electrons. The van der Waals surface area contributed by atoms with Crippen molar-refractivity contribution < 1.29 is 9.90 Å². The lowest BCUT2D eigenvalue weighted by Crippen LogP contribution is -2.43. The Morgan fingerprint density at radius 2 is 1.43 bits per heavy atom. The van der Waals surface area contributed by atoms with Gasteiger partial charge in [0.2, 0.25) is 0 Å². The number of nitrogens with zero attached hydrogens (tertiary/aromatic N) is 1. The fourth-order valence-corrected chi connectivity index (χ4v) is 1.91. The Hall–Kier alpha value is -0.730. The van der Waals surface area contributed by atoms with Crippen LogP contribution in [0.15, 0.2) is 0 Å². The molecule has 2 unspecified atom stereocenters. The van der Waals surface area contributed by atoms with E-state index in [9.17, 15) is 9.90 Å². The number of hydrogen-bond donors (Lipinski definition) is 0. The molecule has 0 bridgehead atoms. The van der Waals surface area contributed by atoms with Gasteiger partial charge in [0, 0.05) is 12.1 Å². The highest BCUT2D eigenvalue weighted by Crippen LogP contribution is 2.14. The monoisotopic (exact) mass is 200 g/mol. The second kappa shape index (κ2) is 6.68. The zero-order valence-electron chi connectivity index (χ0n) is 9.75. The number of hydrogen-bond acceptors (Lipinski definition) is 1. The maximum atomic E-state index is 10.9. The van der Waals surface area contributed by atoms with Crippen molar-refractivity contribution in [3.8, 4) is 0 Å². The zero-order valence-corrected chi connectivity index (χ0v) is 9.75. The molecule has 0 aromatic rings. The van der Waals surface area contributed by atoms with E-state index in [1.54, 1.807) is 0 Å². The van der Waals surface area contributed by atoms with Gasteiger partial charge in [-0.3, -0.25) is 4.90 Å². The highest BCUT2D eigenvalue weighted by molar-refractivity contribution is 5.65. The maximum absolute atomic E-state index is 10.9. The second-order valence-electron chi connectivity index (χ2n) is 3.95. The van der Waals surface area contributed by atoms with Crippen molar-refractivity contribution in [1.82, 2.24) is 4.90 Å². The van der Waals surface area contributed by atoms with Crippen molar-refractivity contribution in [3.63, 3.8) is 0 Å². The summed E-state index contributed by atoms with van der Waals surface area (Å²) < 4.78 is 0. The van der Waals surface area contributed by atoms with Crippen molar-refractivity contribution in [2.24, 2.45) is 0 Å². The third-order valence-corrected chi connectivity index (χ3v) is 2.57. The molecule has 0 aliphatic rings. The lowest BCUT2D eigenvalue weighted by Gasteiger charge is -2.31. The van der Waals surface area contributed by atoms with E-state index in [2.05, 4.69) is 13.8 Å². The van der Waals surface area contributed by atoms with Crippen LogP contribution in [0.25, 0.3) is 0 Å². The Morgan fingerprint density at radius 3 is 1.64 bits per heavy atom. The maximum Gasteiger partial charge on any atom is 0.453 e. The van der Waals surface area contributed by atoms with Gasteiger partial charge in [0.25, 0.3) is 0 Å². The predicted molar refractivity (Wildman–Crippen MR) is 56.7 cm³/mol. The molecule has 0 spiro atoms. The first-order chi connectivity index (χ1) is 6.54. The lowest BCUT2D eigenvalue weighted by atomic mass is 10.1. The molecular formula is C11H22NO2. The van der Waals surface area contributed by atoms with Crippen molar-refractivity contribution in [1.29, 1.82) is 0 Å². The van der Waals surface area contributed by atoms with Gasteiger partial charge < -0.3 is 0 Å². The molecule has 0 aliphatic heterocycles. The van der Waals surface area contributed by atoms with Crippen molar-refractivity contribution in [3.05, 3.63) is 0 Å². The van der Waals surface area contributed by atoms with Gasteiger partial charge in [-0.15, -0.1) is 0 Å².